The molecule has 0 saturated heterocycles. The molecular weight excluding hydrogens is 242 g/mol. The van der Waals surface area contributed by atoms with Gasteiger partial charge in [0.05, 0.1) is 0 Å². The van der Waals surface area contributed by atoms with Crippen molar-refractivity contribution in [1.29, 1.82) is 0 Å². The van der Waals surface area contributed by atoms with Gasteiger partial charge in [0, 0.05) is 0 Å². The first kappa shape index (κ1) is 22.9. The maximum Gasteiger partial charge on any atom is 2.00 e. The molecule has 0 spiro atoms. The van der Waals surface area contributed by atoms with Crippen molar-refractivity contribution in [1.82, 2.24) is 0 Å². The molecule has 8 heteroatoms. The zero-order chi connectivity index (χ0) is 4.50. The van der Waals surface area contributed by atoms with E-state index in [0.717, 1.165) is 0 Å². The van der Waals surface area contributed by atoms with Gasteiger partial charge in [-0.1, -0.05) is 0 Å². The zero-order valence-corrected chi connectivity index (χ0v) is 10.9. The Balaban J connectivity index is -0.0000000267. The third-order valence-electron chi connectivity index (χ3n) is 0. The van der Waals surface area contributed by atoms with E-state index in [1.54, 1.807) is 0 Å². The Bertz CT molecular complexity index is 29.5. The molecule has 0 aromatic rings. The van der Waals surface area contributed by atoms with E-state index < -0.39 is 9.05 Å². The van der Waals surface area contributed by atoms with Crippen molar-refractivity contribution in [3.05, 3.63) is 0 Å². The van der Waals surface area contributed by atoms with Crippen LogP contribution in [0.1, 0.15) is 0 Å². The Hall–Kier alpha value is 1.23. The molecule has 0 bridgehead atoms. The van der Waals surface area contributed by atoms with E-state index in [2.05, 4.69) is 0 Å². The Morgan fingerprint density at radius 3 is 1.00 bits per heavy atom. The van der Waals surface area contributed by atoms with E-state index >= 15 is 0 Å². The Morgan fingerprint density at radius 2 is 1.00 bits per heavy atom. The van der Waals surface area contributed by atoms with Crippen LogP contribution in [0.5, 0.6) is 0 Å². The molecule has 0 radical (unpaired) electrons. The van der Waals surface area contributed by atoms with Crippen LogP contribution in [-0.4, -0.2) is 13.8 Å². The van der Waals surface area contributed by atoms with Gasteiger partial charge in [-0.3, -0.25) is 0 Å². The van der Waals surface area contributed by atoms with Crippen LogP contribution in [0.3, 0.4) is 0 Å². The van der Waals surface area contributed by atoms with E-state index in [0.29, 0.717) is 0 Å². The first-order valence-corrected chi connectivity index (χ1v) is 2.51. The Kier molecular flexibility index (Phi) is 23.5. The quantitative estimate of drug-likeness (QED) is 0.428. The van der Waals surface area contributed by atoms with Crippen molar-refractivity contribution < 1.29 is 62.8 Å². The van der Waals surface area contributed by atoms with Gasteiger partial charge >= 0.3 is 39.0 Å². The van der Waals surface area contributed by atoms with Crippen LogP contribution in [-0.2, 0) is 39.0 Å². The molecule has 8 heavy (non-hydrogen) atoms. The molecule has 4 nitrogen and oxygen atoms in total. The smallest absolute Gasteiger partial charge is 1.00 e. The molecule has 0 aliphatic heterocycles. The van der Waals surface area contributed by atoms with Crippen molar-refractivity contribution in [3.8, 4) is 0 Å². The van der Waals surface area contributed by atoms with E-state index in [9.17, 15) is 0 Å². The summed E-state index contributed by atoms with van der Waals surface area (Å²) in [5, 5.41) is 0. The van der Waals surface area contributed by atoms with Gasteiger partial charge in [0.15, 0.2) is 0 Å². The van der Waals surface area contributed by atoms with Crippen LogP contribution < -0.4 is 19.1 Å². The fourth-order valence-corrected chi connectivity index (χ4v) is 0. The van der Waals surface area contributed by atoms with Gasteiger partial charge in [0.25, 0.3) is 0 Å². The van der Waals surface area contributed by atoms with Crippen molar-refractivity contribution in [2.45, 2.75) is 0 Å². The summed E-state index contributed by atoms with van der Waals surface area (Å²) in [7, 11) is -5.36. The molecule has 0 aliphatic rings. The van der Waals surface area contributed by atoms with Crippen molar-refractivity contribution >= 4 is 9.05 Å². The number of rotatable bonds is 0. The van der Waals surface area contributed by atoms with Crippen LogP contribution in [0.2, 0.25) is 0 Å². The second-order valence-electron chi connectivity index (χ2n) is 0.524. The maximum atomic E-state index is 8.69. The largest absolute Gasteiger partial charge is 2.00 e. The summed E-state index contributed by atoms with van der Waals surface area (Å²) in [4.78, 5) is 33.1. The summed E-state index contributed by atoms with van der Waals surface area (Å²) in [6, 6.07) is 0. The maximum absolute atomic E-state index is 8.69. The molecule has 0 heterocycles. The van der Waals surface area contributed by atoms with Crippen LogP contribution in [0.25, 0.3) is 0 Å². The molecular formula is HFO4SiZn2. The van der Waals surface area contributed by atoms with E-state index in [4.69, 9.17) is 19.2 Å². The van der Waals surface area contributed by atoms with Crippen LogP contribution >= 0.6 is 0 Å². The molecule has 0 rings (SSSR count). The van der Waals surface area contributed by atoms with Crippen molar-refractivity contribution in [2.75, 3.05) is 0 Å². The number of hydrogen-bond acceptors (Lipinski definition) is 4. The normalized spacial score (nSPS) is 7.50. The summed E-state index contributed by atoms with van der Waals surface area (Å²) < 4.78 is 0. The average Bonchev–Trinajstić information content (AvgIpc) is 0.722. The van der Waals surface area contributed by atoms with E-state index in [1.165, 1.54) is 0 Å². The third kappa shape index (κ3) is 185. The van der Waals surface area contributed by atoms with Gasteiger partial charge in [0.1, 0.15) is 0 Å². The summed E-state index contributed by atoms with van der Waals surface area (Å²) in [6.07, 6.45) is 0. The number of halogens is 1. The standard InChI is InChI=1S/FH.HO4Si.2Zn/c;1-5(2,3)4;;/h1H;1H;;/q;-3;2*+2/p-1. The monoisotopic (exact) mass is 240 g/mol. The first-order chi connectivity index (χ1) is 2.00. The predicted molar refractivity (Wildman–Crippen MR) is 7.97 cm³/mol. The SMILES string of the molecule is [F-].[O-][Si]([O-])([O-])O.[Zn+2].[Zn+2]. The minimum Gasteiger partial charge on any atom is -1.00 e. The molecule has 0 amide bonds. The molecule has 0 fully saturated rings. The molecule has 0 unspecified atom stereocenters. The second kappa shape index (κ2) is 8.23. The van der Waals surface area contributed by atoms with Gasteiger partial charge in [-0.15, -0.1) is 9.05 Å². The molecule has 0 aromatic heterocycles. The van der Waals surface area contributed by atoms with Crippen LogP contribution in [0.15, 0.2) is 0 Å². The molecule has 0 aliphatic carbocycles. The van der Waals surface area contributed by atoms with E-state index in [-0.39, 0.29) is 43.7 Å². The van der Waals surface area contributed by atoms with Gasteiger partial charge in [-0.05, 0) is 0 Å². The molecule has 0 atom stereocenters. The summed E-state index contributed by atoms with van der Waals surface area (Å²) in [5.74, 6) is 0. The Labute approximate surface area is 71.9 Å². The first-order valence-electron chi connectivity index (χ1n) is 0.836. The van der Waals surface area contributed by atoms with Gasteiger partial charge in [-0.2, -0.15) is 0 Å². The molecule has 40 valence electrons. The summed E-state index contributed by atoms with van der Waals surface area (Å²) in [6.45, 7) is 0. The molecule has 1 N–H and O–H groups in total. The van der Waals surface area contributed by atoms with Gasteiger partial charge < -0.3 is 23.9 Å². The van der Waals surface area contributed by atoms with Crippen LogP contribution in [0.4, 0.5) is 0 Å². The third-order valence-corrected chi connectivity index (χ3v) is 0. The fraction of sp³-hybridized carbons (Fsp3) is 0. The van der Waals surface area contributed by atoms with Crippen molar-refractivity contribution in [3.63, 3.8) is 0 Å². The van der Waals surface area contributed by atoms with Gasteiger partial charge in [-0.25, -0.2) is 0 Å². The minimum atomic E-state index is -5.36. The number of hydrogen-bond donors (Lipinski definition) is 1. The summed E-state index contributed by atoms with van der Waals surface area (Å²) in [5.41, 5.74) is 0. The Morgan fingerprint density at radius 1 is 1.00 bits per heavy atom. The van der Waals surface area contributed by atoms with Crippen LogP contribution in [0, 0.1) is 0 Å². The predicted octanol–water partition coefficient (Wildman–Crippen LogP) is -7.51. The summed E-state index contributed by atoms with van der Waals surface area (Å²) >= 11 is 0. The fourth-order valence-electron chi connectivity index (χ4n) is 0. The molecule has 0 aromatic carbocycles. The van der Waals surface area contributed by atoms with Gasteiger partial charge in [0.2, 0.25) is 0 Å². The van der Waals surface area contributed by atoms with Crippen molar-refractivity contribution in [2.24, 2.45) is 0 Å². The minimum absolute atomic E-state index is 0. The topological polar surface area (TPSA) is 89.4 Å². The van der Waals surface area contributed by atoms with E-state index in [1.807, 2.05) is 0 Å². The zero-order valence-electron chi connectivity index (χ0n) is 3.96. The second-order valence-corrected chi connectivity index (χ2v) is 1.57. The molecule has 0 saturated carbocycles. The average molecular weight is 243 g/mol.